The van der Waals surface area contributed by atoms with E-state index >= 15 is 0 Å². The van der Waals surface area contributed by atoms with Crippen molar-refractivity contribution >= 4 is 17.8 Å². The van der Waals surface area contributed by atoms with Crippen molar-refractivity contribution < 1.29 is 42.8 Å². The summed E-state index contributed by atoms with van der Waals surface area (Å²) in [7, 11) is 1.40. The molecule has 40 heavy (non-hydrogen) atoms. The van der Waals surface area contributed by atoms with Gasteiger partial charge in [0, 0.05) is 12.3 Å². The van der Waals surface area contributed by atoms with Crippen molar-refractivity contribution in [2.24, 2.45) is 5.92 Å². The van der Waals surface area contributed by atoms with Crippen LogP contribution < -0.4 is 14.8 Å². The van der Waals surface area contributed by atoms with Gasteiger partial charge < -0.3 is 33.7 Å². The molecule has 1 aromatic heterocycles. The Morgan fingerprint density at radius 3 is 2.45 bits per heavy atom. The summed E-state index contributed by atoms with van der Waals surface area (Å²) in [6, 6.07) is 0.541. The number of esters is 2. The van der Waals surface area contributed by atoms with Crippen molar-refractivity contribution in [1.82, 2.24) is 10.3 Å². The van der Waals surface area contributed by atoms with Gasteiger partial charge in [0.05, 0.1) is 32.3 Å². The molecule has 1 saturated heterocycles. The lowest BCUT2D eigenvalue weighted by molar-refractivity contribution is -0.166. The molecule has 4 atom stereocenters. The predicted octanol–water partition coefficient (Wildman–Crippen LogP) is 3.76. The van der Waals surface area contributed by atoms with E-state index in [1.54, 1.807) is 20.8 Å². The molecule has 0 saturated carbocycles. The summed E-state index contributed by atoms with van der Waals surface area (Å²) in [6.45, 7) is 16.8. The molecule has 1 fully saturated rings. The van der Waals surface area contributed by atoms with Crippen LogP contribution in [0.25, 0.3) is 0 Å². The number of cyclic esters (lactones) is 1. The molecule has 0 aromatic carbocycles. The van der Waals surface area contributed by atoms with Crippen LogP contribution in [0.1, 0.15) is 64.4 Å². The fourth-order valence-electron chi connectivity index (χ4n) is 3.91. The molecule has 11 heteroatoms. The van der Waals surface area contributed by atoms with Crippen molar-refractivity contribution in [3.05, 3.63) is 42.3 Å². The van der Waals surface area contributed by atoms with Crippen LogP contribution >= 0.6 is 0 Å². The number of hydrogen-bond donors (Lipinski definition) is 1. The second-order valence-electron chi connectivity index (χ2n) is 10.2. The Morgan fingerprint density at radius 2 is 1.82 bits per heavy atom. The zero-order chi connectivity index (χ0) is 29.8. The maximum Gasteiger partial charge on any atom is 0.329 e. The highest BCUT2D eigenvalue weighted by atomic mass is 16.7. The van der Waals surface area contributed by atoms with E-state index in [1.807, 2.05) is 13.8 Å². The Balaban J connectivity index is 2.21. The van der Waals surface area contributed by atoms with Crippen LogP contribution in [0.4, 0.5) is 0 Å². The molecular weight excluding hydrogens is 520 g/mol. The first-order chi connectivity index (χ1) is 18.9. The second kappa shape index (κ2) is 16.0. The zero-order valence-electron chi connectivity index (χ0n) is 24.3. The molecule has 1 aliphatic rings. The van der Waals surface area contributed by atoms with Crippen molar-refractivity contribution in [3.63, 3.8) is 0 Å². The standard InChI is InChI=1S/C29H42N2O9/c1-17(2)14-36-23-11-9-10-21(29(34)40-20(7)25(23)37-15-18(3)4)31-27(32)24-26(22(35-8)12-13-30-24)38-16-39-28(33)19(5)6/h12-13,19-21,23,25H,1,3,9-11,14-16H2,2,4-8H3,(H,31,32). The minimum Gasteiger partial charge on any atom is -0.493 e. The van der Waals surface area contributed by atoms with Gasteiger partial charge in [-0.15, -0.1) is 0 Å². The van der Waals surface area contributed by atoms with Crippen LogP contribution in [-0.2, 0) is 28.5 Å². The lowest BCUT2D eigenvalue weighted by Crippen LogP contribution is -2.46. The summed E-state index contributed by atoms with van der Waals surface area (Å²) < 4.78 is 33.8. The smallest absolute Gasteiger partial charge is 0.329 e. The molecular formula is C29H42N2O9. The summed E-state index contributed by atoms with van der Waals surface area (Å²) in [5, 5.41) is 2.71. The third kappa shape index (κ3) is 9.95. The van der Waals surface area contributed by atoms with Gasteiger partial charge in [0.2, 0.25) is 6.79 Å². The minimum absolute atomic E-state index is 0.0228. The number of nitrogens with zero attached hydrogens (tertiary/aromatic N) is 1. The molecule has 0 bridgehead atoms. The summed E-state index contributed by atoms with van der Waals surface area (Å²) in [6.07, 6.45) is 1.21. The van der Waals surface area contributed by atoms with E-state index < -0.39 is 42.9 Å². The number of ether oxygens (including phenoxy) is 6. The van der Waals surface area contributed by atoms with Crippen LogP contribution in [0.2, 0.25) is 0 Å². The Hall–Kier alpha value is -3.44. The van der Waals surface area contributed by atoms with Gasteiger partial charge in [0.25, 0.3) is 5.91 Å². The van der Waals surface area contributed by atoms with E-state index in [0.29, 0.717) is 25.9 Å². The van der Waals surface area contributed by atoms with Crippen molar-refractivity contribution in [2.45, 2.75) is 78.2 Å². The average molecular weight is 563 g/mol. The lowest BCUT2D eigenvalue weighted by Gasteiger charge is -2.31. The Labute approximate surface area is 236 Å². The van der Waals surface area contributed by atoms with Crippen molar-refractivity contribution in [3.8, 4) is 11.5 Å². The maximum absolute atomic E-state index is 13.3. The summed E-state index contributed by atoms with van der Waals surface area (Å²) in [4.78, 5) is 42.4. The average Bonchev–Trinajstić information content (AvgIpc) is 2.94. The van der Waals surface area contributed by atoms with Gasteiger partial charge in [0.15, 0.2) is 17.2 Å². The highest BCUT2D eigenvalue weighted by Gasteiger charge is 2.36. The number of rotatable bonds is 13. The van der Waals surface area contributed by atoms with E-state index in [1.165, 1.54) is 19.4 Å². The Morgan fingerprint density at radius 1 is 1.15 bits per heavy atom. The molecule has 1 aliphatic heterocycles. The molecule has 2 heterocycles. The Bertz CT molecular complexity index is 1060. The summed E-state index contributed by atoms with van der Waals surface area (Å²) in [5.41, 5.74) is 1.55. The summed E-state index contributed by atoms with van der Waals surface area (Å²) in [5.74, 6) is -1.92. The normalized spacial score (nSPS) is 21.3. The number of pyridine rings is 1. The van der Waals surface area contributed by atoms with Crippen LogP contribution in [0, 0.1) is 5.92 Å². The van der Waals surface area contributed by atoms with Gasteiger partial charge in [-0.3, -0.25) is 9.59 Å². The van der Waals surface area contributed by atoms with Crippen LogP contribution in [0.15, 0.2) is 36.6 Å². The quantitative estimate of drug-likeness (QED) is 0.215. The topological polar surface area (TPSA) is 132 Å². The number of hydrogen-bond acceptors (Lipinski definition) is 10. The number of nitrogens with one attached hydrogen (secondary N) is 1. The van der Waals surface area contributed by atoms with Crippen LogP contribution in [0.3, 0.4) is 0 Å². The molecule has 11 nitrogen and oxygen atoms in total. The first kappa shape index (κ1) is 32.8. The van der Waals surface area contributed by atoms with Gasteiger partial charge in [0.1, 0.15) is 18.2 Å². The van der Waals surface area contributed by atoms with E-state index in [0.717, 1.165) is 11.1 Å². The molecule has 1 N–H and O–H groups in total. The number of aromatic nitrogens is 1. The number of amides is 1. The second-order valence-corrected chi connectivity index (χ2v) is 10.2. The molecule has 222 valence electrons. The molecule has 0 radical (unpaired) electrons. The maximum atomic E-state index is 13.3. The fourth-order valence-corrected chi connectivity index (χ4v) is 3.91. The number of carbonyl (C=O) groups is 3. The Kier molecular flexibility index (Phi) is 13.1. The van der Waals surface area contributed by atoms with Gasteiger partial charge in [-0.05, 0) is 40.0 Å². The largest absolute Gasteiger partial charge is 0.493 e. The van der Waals surface area contributed by atoms with Crippen molar-refractivity contribution in [1.29, 1.82) is 0 Å². The highest BCUT2D eigenvalue weighted by Crippen LogP contribution is 2.30. The zero-order valence-corrected chi connectivity index (χ0v) is 24.3. The number of methoxy groups -OCH3 is 1. The third-order valence-electron chi connectivity index (χ3n) is 5.95. The third-order valence-corrected chi connectivity index (χ3v) is 5.95. The van der Waals surface area contributed by atoms with E-state index in [4.69, 9.17) is 28.4 Å². The predicted molar refractivity (Wildman–Crippen MR) is 147 cm³/mol. The molecule has 0 aliphatic carbocycles. The first-order valence-corrected chi connectivity index (χ1v) is 13.3. The summed E-state index contributed by atoms with van der Waals surface area (Å²) >= 11 is 0. The monoisotopic (exact) mass is 562 g/mol. The van der Waals surface area contributed by atoms with E-state index in [9.17, 15) is 14.4 Å². The minimum atomic E-state index is -0.962. The molecule has 0 spiro atoms. The van der Waals surface area contributed by atoms with Crippen LogP contribution in [0.5, 0.6) is 11.5 Å². The lowest BCUT2D eigenvalue weighted by atomic mass is 10.0. The SMILES string of the molecule is C=C(C)COC1CCCC(NC(=O)c2nccc(OC)c2OCOC(=O)C(C)C)C(=O)OC(C)C1OCC(=C)C. The van der Waals surface area contributed by atoms with E-state index in [-0.39, 0.29) is 35.8 Å². The molecule has 1 aromatic rings. The van der Waals surface area contributed by atoms with E-state index in [2.05, 4.69) is 23.5 Å². The highest BCUT2D eigenvalue weighted by molar-refractivity contribution is 5.98. The molecule has 1 amide bonds. The number of carbonyl (C=O) groups excluding carboxylic acids is 3. The van der Waals surface area contributed by atoms with Gasteiger partial charge in [-0.25, -0.2) is 9.78 Å². The van der Waals surface area contributed by atoms with Gasteiger partial charge in [-0.1, -0.05) is 38.2 Å². The van der Waals surface area contributed by atoms with Crippen molar-refractivity contribution in [2.75, 3.05) is 27.1 Å². The van der Waals surface area contributed by atoms with Crippen LogP contribution in [-0.4, -0.2) is 74.3 Å². The van der Waals surface area contributed by atoms with Gasteiger partial charge >= 0.3 is 11.9 Å². The molecule has 2 rings (SSSR count). The first-order valence-electron chi connectivity index (χ1n) is 13.3. The fraction of sp³-hybridized carbons (Fsp3) is 0.586. The van der Waals surface area contributed by atoms with Gasteiger partial charge in [-0.2, -0.15) is 0 Å². The molecule has 4 unspecified atom stereocenters.